The van der Waals surface area contributed by atoms with Crippen molar-refractivity contribution in [3.05, 3.63) is 102 Å². The van der Waals surface area contributed by atoms with Gasteiger partial charge in [-0.05, 0) is 50.2 Å². The molecule has 0 N–H and O–H groups in total. The van der Waals surface area contributed by atoms with Crippen LogP contribution in [0.3, 0.4) is 0 Å². The van der Waals surface area contributed by atoms with E-state index in [4.69, 9.17) is 0 Å². The van der Waals surface area contributed by atoms with Crippen molar-refractivity contribution >= 4 is 23.2 Å². The third-order valence-electron chi connectivity index (χ3n) is 4.32. The largest absolute Gasteiger partial charge is 0.136 e. The maximum atomic E-state index is 4.26. The molecule has 0 fully saturated rings. The highest BCUT2D eigenvalue weighted by Gasteiger charge is 2.42. The quantitative estimate of drug-likeness (QED) is 0.610. The van der Waals surface area contributed by atoms with E-state index in [1.165, 1.54) is 27.0 Å². The molecular weight excluding hydrogens is 295 g/mol. The van der Waals surface area contributed by atoms with Crippen LogP contribution in [-0.4, -0.2) is 0 Å². The van der Waals surface area contributed by atoms with Crippen LogP contribution in [0.15, 0.2) is 91.3 Å². The van der Waals surface area contributed by atoms with Gasteiger partial charge in [0, 0.05) is 0 Å². The molecule has 0 bridgehead atoms. The fourth-order valence-electron chi connectivity index (χ4n) is 2.99. The van der Waals surface area contributed by atoms with Crippen LogP contribution in [0.5, 0.6) is 0 Å². The molecule has 3 rings (SSSR count). The van der Waals surface area contributed by atoms with Gasteiger partial charge in [0.1, 0.15) is 23.2 Å². The van der Waals surface area contributed by atoms with Gasteiger partial charge >= 0.3 is 0 Å². The lowest BCUT2D eigenvalue weighted by atomic mass is 10.2. The molecule has 0 saturated heterocycles. The van der Waals surface area contributed by atoms with Gasteiger partial charge in [0.05, 0.1) is 5.82 Å². The molecule has 0 aliphatic carbocycles. The zero-order valence-corrected chi connectivity index (χ0v) is 14.6. The summed E-state index contributed by atoms with van der Waals surface area (Å²) in [6, 6.07) is 28.6. The number of benzene rings is 3. The highest BCUT2D eigenvalue weighted by molar-refractivity contribution is 7.98. The minimum Gasteiger partial charge on any atom is -0.0627 e. The van der Waals surface area contributed by atoms with Gasteiger partial charge in [0.25, 0.3) is 0 Å². The molecule has 0 radical (unpaired) electrons. The first kappa shape index (κ1) is 15.7. The molecule has 0 amide bonds. The second-order valence-electron chi connectivity index (χ2n) is 5.91. The highest BCUT2D eigenvalue weighted by atomic mass is 31.2. The molecule has 0 spiro atoms. The maximum absolute atomic E-state index is 4.26. The summed E-state index contributed by atoms with van der Waals surface area (Å²) in [5.74, 6) is 2.18. The molecule has 0 nitrogen and oxygen atoms in total. The molecule has 0 heterocycles. The lowest BCUT2D eigenvalue weighted by Gasteiger charge is -2.23. The molecule has 0 unspecified atom stereocenters. The Morgan fingerprint density at radius 3 is 1.39 bits per heavy atom. The first-order valence-corrected chi connectivity index (χ1v) is 9.75. The van der Waals surface area contributed by atoms with Gasteiger partial charge in [-0.3, -0.25) is 0 Å². The van der Waals surface area contributed by atoms with E-state index in [2.05, 4.69) is 105 Å². The van der Waals surface area contributed by atoms with E-state index in [9.17, 15) is 0 Å². The third kappa shape index (κ3) is 2.87. The van der Waals surface area contributed by atoms with Gasteiger partial charge in [-0.25, -0.2) is 0 Å². The summed E-state index contributed by atoms with van der Waals surface area (Å²) in [6.07, 6.45) is 0. The van der Waals surface area contributed by atoms with Crippen molar-refractivity contribution in [1.82, 2.24) is 0 Å². The second kappa shape index (κ2) is 6.52. The lowest BCUT2D eigenvalue weighted by Crippen LogP contribution is -2.29. The molecular formula is C22H22P+. The van der Waals surface area contributed by atoms with Crippen LogP contribution in [0.1, 0.15) is 11.1 Å². The SMILES string of the molecule is C=C[P+](c1ccccc1)(c1ccc(C)cc1)c1ccc(C)cc1. The number of hydrogen-bond donors (Lipinski definition) is 0. The maximum Gasteiger partial charge on any atom is 0.136 e. The van der Waals surface area contributed by atoms with Crippen LogP contribution in [0.25, 0.3) is 0 Å². The minimum absolute atomic E-state index is 1.29. The van der Waals surface area contributed by atoms with Crippen LogP contribution in [0, 0.1) is 13.8 Å². The topological polar surface area (TPSA) is 0 Å². The van der Waals surface area contributed by atoms with Crippen molar-refractivity contribution in [2.75, 3.05) is 0 Å². The summed E-state index contributed by atoms with van der Waals surface area (Å²) in [7, 11) is -1.81. The van der Waals surface area contributed by atoms with Crippen LogP contribution in [0.2, 0.25) is 0 Å². The zero-order chi connectivity index (χ0) is 16.3. The van der Waals surface area contributed by atoms with Gasteiger partial charge in [-0.2, -0.15) is 0 Å². The molecule has 0 aliphatic heterocycles. The van der Waals surface area contributed by atoms with Crippen molar-refractivity contribution in [2.24, 2.45) is 0 Å². The van der Waals surface area contributed by atoms with Crippen molar-refractivity contribution in [1.29, 1.82) is 0 Å². The first-order valence-electron chi connectivity index (χ1n) is 7.89. The Hall–Kier alpha value is -2.17. The summed E-state index contributed by atoms with van der Waals surface area (Å²) in [6.45, 7) is 8.52. The average Bonchev–Trinajstić information content (AvgIpc) is 2.60. The summed E-state index contributed by atoms with van der Waals surface area (Å²) < 4.78 is 0. The fraction of sp³-hybridized carbons (Fsp3) is 0.0909. The van der Waals surface area contributed by atoms with Crippen LogP contribution in [-0.2, 0) is 0 Å². The standard InChI is InChI=1S/C22H22P/c1-4-23(20-8-6-5-7-9-20,21-14-10-18(2)11-15-21)22-16-12-19(3)13-17-22/h4-17H,1H2,2-3H3/q+1. The van der Waals surface area contributed by atoms with E-state index in [0.717, 1.165) is 0 Å². The number of aryl methyl sites for hydroxylation is 2. The average molecular weight is 317 g/mol. The molecule has 0 saturated carbocycles. The van der Waals surface area contributed by atoms with E-state index < -0.39 is 7.26 Å². The van der Waals surface area contributed by atoms with Crippen molar-refractivity contribution in [2.45, 2.75) is 13.8 Å². The van der Waals surface area contributed by atoms with Gasteiger partial charge < -0.3 is 0 Å². The minimum atomic E-state index is -1.81. The summed E-state index contributed by atoms with van der Waals surface area (Å²) >= 11 is 0. The molecule has 1 heteroatoms. The Morgan fingerprint density at radius 1 is 0.609 bits per heavy atom. The van der Waals surface area contributed by atoms with Crippen LogP contribution < -0.4 is 15.9 Å². The van der Waals surface area contributed by atoms with Crippen molar-refractivity contribution in [3.8, 4) is 0 Å². The third-order valence-corrected chi connectivity index (χ3v) is 8.21. The summed E-state index contributed by atoms with van der Waals surface area (Å²) in [5, 5.41) is 4.06. The van der Waals surface area contributed by atoms with E-state index in [-0.39, 0.29) is 0 Å². The predicted molar refractivity (Wildman–Crippen MR) is 105 cm³/mol. The first-order chi connectivity index (χ1) is 11.2. The Kier molecular flexibility index (Phi) is 4.46. The highest BCUT2D eigenvalue weighted by Crippen LogP contribution is 2.56. The molecule has 3 aromatic carbocycles. The van der Waals surface area contributed by atoms with E-state index in [1.807, 2.05) is 0 Å². The van der Waals surface area contributed by atoms with E-state index in [1.54, 1.807) is 0 Å². The Bertz CT molecular complexity index is 738. The molecule has 114 valence electrons. The lowest BCUT2D eigenvalue weighted by molar-refractivity contribution is 1.48. The molecule has 3 aromatic rings. The Labute approximate surface area is 139 Å². The molecule has 0 atom stereocenters. The number of hydrogen-bond acceptors (Lipinski definition) is 0. The van der Waals surface area contributed by atoms with Crippen LogP contribution >= 0.6 is 7.26 Å². The Balaban J connectivity index is 2.29. The van der Waals surface area contributed by atoms with Crippen molar-refractivity contribution in [3.63, 3.8) is 0 Å². The fourth-order valence-corrected chi connectivity index (χ4v) is 6.39. The zero-order valence-electron chi connectivity index (χ0n) is 13.7. The van der Waals surface area contributed by atoms with Crippen LogP contribution in [0.4, 0.5) is 0 Å². The monoisotopic (exact) mass is 317 g/mol. The molecule has 23 heavy (non-hydrogen) atoms. The Morgan fingerprint density at radius 2 is 1.00 bits per heavy atom. The number of rotatable bonds is 4. The summed E-state index contributed by atoms with van der Waals surface area (Å²) in [5.41, 5.74) is 2.57. The summed E-state index contributed by atoms with van der Waals surface area (Å²) in [4.78, 5) is 0. The molecule has 0 aliphatic rings. The second-order valence-corrected chi connectivity index (χ2v) is 9.27. The van der Waals surface area contributed by atoms with E-state index >= 15 is 0 Å². The smallest absolute Gasteiger partial charge is 0.0627 e. The molecule has 0 aromatic heterocycles. The van der Waals surface area contributed by atoms with Gasteiger partial charge in [0.15, 0.2) is 0 Å². The predicted octanol–water partition coefficient (Wildman–Crippen LogP) is 4.74. The van der Waals surface area contributed by atoms with Gasteiger partial charge in [-0.15, -0.1) is 0 Å². The van der Waals surface area contributed by atoms with E-state index in [0.29, 0.717) is 0 Å². The van der Waals surface area contributed by atoms with Crippen molar-refractivity contribution < 1.29 is 0 Å². The van der Waals surface area contributed by atoms with Gasteiger partial charge in [0.2, 0.25) is 0 Å². The van der Waals surface area contributed by atoms with Gasteiger partial charge in [-0.1, -0.05) is 60.2 Å². The normalized spacial score (nSPS) is 11.2.